The van der Waals surface area contributed by atoms with E-state index in [4.69, 9.17) is 5.11 Å². The third kappa shape index (κ3) is 2.05. The number of alkyl halides is 3. The first-order valence-electron chi connectivity index (χ1n) is 3.53. The first-order chi connectivity index (χ1) is 6.75. The fourth-order valence-corrected chi connectivity index (χ4v) is 0.934. The Balaban J connectivity index is 3.41. The molecule has 1 aromatic carbocycles. The molecule has 0 aliphatic rings. The molecule has 0 aliphatic carbocycles. The Morgan fingerprint density at radius 2 is 1.67 bits per heavy atom. The third-order valence-corrected chi connectivity index (χ3v) is 1.62. The summed E-state index contributed by atoms with van der Waals surface area (Å²) in [4.78, 5) is 10.2. The highest BCUT2D eigenvalue weighted by Gasteiger charge is 2.36. The minimum Gasteiger partial charge on any atom is -0.478 e. The van der Waals surface area contributed by atoms with Gasteiger partial charge in [0.25, 0.3) is 0 Å². The minimum atomic E-state index is -5.05. The summed E-state index contributed by atoms with van der Waals surface area (Å²) in [6.45, 7) is 0. The van der Waals surface area contributed by atoms with E-state index >= 15 is 0 Å². The lowest BCUT2D eigenvalue weighted by molar-refractivity contribution is -0.140. The van der Waals surface area contributed by atoms with Crippen LogP contribution in [0.15, 0.2) is 12.1 Å². The zero-order valence-corrected chi connectivity index (χ0v) is 6.90. The molecule has 1 rings (SSSR count). The lowest BCUT2D eigenvalue weighted by atomic mass is 10.1. The Kier molecular flexibility index (Phi) is 2.65. The van der Waals surface area contributed by atoms with Crippen LogP contribution in [0.1, 0.15) is 15.9 Å². The molecule has 0 atom stereocenters. The predicted molar refractivity (Wildman–Crippen MR) is 38.3 cm³/mol. The lowest BCUT2D eigenvalue weighted by Gasteiger charge is -2.09. The molecule has 15 heavy (non-hydrogen) atoms. The summed E-state index contributed by atoms with van der Waals surface area (Å²) in [5.74, 6) is -6.06. The first-order valence-corrected chi connectivity index (χ1v) is 3.53. The normalized spacial score (nSPS) is 11.5. The fraction of sp³-hybridized carbons (Fsp3) is 0.125. The SMILES string of the molecule is O=C(O)c1ccc(C(F)(F)F)c(F)c1F. The molecule has 0 unspecified atom stereocenters. The highest BCUT2D eigenvalue weighted by molar-refractivity contribution is 5.88. The van der Waals surface area contributed by atoms with E-state index < -0.39 is 34.9 Å². The van der Waals surface area contributed by atoms with E-state index in [2.05, 4.69) is 0 Å². The van der Waals surface area contributed by atoms with E-state index in [1.807, 2.05) is 0 Å². The molecule has 0 bridgehead atoms. The van der Waals surface area contributed by atoms with Crippen molar-refractivity contribution in [1.82, 2.24) is 0 Å². The van der Waals surface area contributed by atoms with Crippen LogP contribution in [-0.4, -0.2) is 11.1 Å². The second kappa shape index (κ2) is 3.48. The molecule has 0 amide bonds. The fourth-order valence-electron chi connectivity index (χ4n) is 0.934. The van der Waals surface area contributed by atoms with Gasteiger partial charge in [0.1, 0.15) is 0 Å². The number of carbonyl (C=O) groups is 1. The van der Waals surface area contributed by atoms with E-state index in [-0.39, 0.29) is 6.07 Å². The number of benzene rings is 1. The van der Waals surface area contributed by atoms with Crippen molar-refractivity contribution < 1.29 is 31.9 Å². The summed E-state index contributed by atoms with van der Waals surface area (Å²) in [6, 6.07) is 0.547. The van der Waals surface area contributed by atoms with Gasteiger partial charge in [-0.15, -0.1) is 0 Å². The van der Waals surface area contributed by atoms with Crippen molar-refractivity contribution in [3.63, 3.8) is 0 Å². The quantitative estimate of drug-likeness (QED) is 0.747. The van der Waals surface area contributed by atoms with Gasteiger partial charge in [-0.05, 0) is 12.1 Å². The Hall–Kier alpha value is -1.66. The second-order valence-electron chi connectivity index (χ2n) is 2.59. The average molecular weight is 226 g/mol. The third-order valence-electron chi connectivity index (χ3n) is 1.62. The maximum absolute atomic E-state index is 12.8. The topological polar surface area (TPSA) is 37.3 Å². The van der Waals surface area contributed by atoms with Crippen LogP contribution in [0.25, 0.3) is 0 Å². The molecule has 7 heteroatoms. The van der Waals surface area contributed by atoms with Gasteiger partial charge in [-0.1, -0.05) is 0 Å². The van der Waals surface area contributed by atoms with Gasteiger partial charge in [-0.3, -0.25) is 0 Å². The number of rotatable bonds is 1. The molecule has 0 aliphatic heterocycles. The van der Waals surface area contributed by atoms with Gasteiger partial charge in [-0.2, -0.15) is 13.2 Å². The van der Waals surface area contributed by atoms with Gasteiger partial charge in [0.2, 0.25) is 0 Å². The summed E-state index contributed by atoms with van der Waals surface area (Å²) < 4.78 is 61.6. The summed E-state index contributed by atoms with van der Waals surface area (Å²) in [6.07, 6.45) is -5.05. The van der Waals surface area contributed by atoms with Crippen LogP contribution in [0.5, 0.6) is 0 Å². The van der Waals surface area contributed by atoms with Crippen molar-refractivity contribution >= 4 is 5.97 Å². The predicted octanol–water partition coefficient (Wildman–Crippen LogP) is 2.68. The van der Waals surface area contributed by atoms with Crippen molar-refractivity contribution in [1.29, 1.82) is 0 Å². The van der Waals surface area contributed by atoms with Crippen LogP contribution in [-0.2, 0) is 6.18 Å². The first kappa shape index (κ1) is 11.4. The van der Waals surface area contributed by atoms with Crippen LogP contribution in [0, 0.1) is 11.6 Å². The molecular weight excluding hydrogens is 223 g/mol. The number of halogens is 5. The molecule has 0 saturated heterocycles. The van der Waals surface area contributed by atoms with E-state index in [0.29, 0.717) is 6.07 Å². The van der Waals surface area contributed by atoms with E-state index in [0.717, 1.165) is 0 Å². The van der Waals surface area contributed by atoms with Crippen molar-refractivity contribution in [2.45, 2.75) is 6.18 Å². The number of hydrogen-bond acceptors (Lipinski definition) is 1. The standard InChI is InChI=1S/C8H3F5O2/c9-5-3(7(14)15)1-2-4(6(5)10)8(11,12)13/h1-2H,(H,14,15). The Labute approximate surface area is 79.9 Å². The zero-order valence-electron chi connectivity index (χ0n) is 6.90. The average Bonchev–Trinajstić information content (AvgIpc) is 2.06. The highest BCUT2D eigenvalue weighted by Crippen LogP contribution is 2.32. The number of hydrogen-bond donors (Lipinski definition) is 1. The van der Waals surface area contributed by atoms with Crippen molar-refractivity contribution in [3.8, 4) is 0 Å². The molecular formula is C8H3F5O2. The summed E-state index contributed by atoms with van der Waals surface area (Å²) in [5.41, 5.74) is -2.97. The maximum Gasteiger partial charge on any atom is 0.419 e. The van der Waals surface area contributed by atoms with Gasteiger partial charge in [0.15, 0.2) is 11.6 Å². The van der Waals surface area contributed by atoms with Crippen molar-refractivity contribution in [2.75, 3.05) is 0 Å². The largest absolute Gasteiger partial charge is 0.478 e. The number of carboxylic acids is 1. The van der Waals surface area contributed by atoms with Crippen molar-refractivity contribution in [2.24, 2.45) is 0 Å². The minimum absolute atomic E-state index is 0.182. The van der Waals surface area contributed by atoms with Gasteiger partial charge in [0.05, 0.1) is 11.1 Å². The summed E-state index contributed by atoms with van der Waals surface area (Å²) in [5, 5.41) is 8.30. The van der Waals surface area contributed by atoms with E-state index in [9.17, 15) is 26.7 Å². The van der Waals surface area contributed by atoms with Gasteiger partial charge < -0.3 is 5.11 Å². The smallest absolute Gasteiger partial charge is 0.419 e. The summed E-state index contributed by atoms with van der Waals surface area (Å²) in [7, 11) is 0. The van der Waals surface area contributed by atoms with Crippen LogP contribution >= 0.6 is 0 Å². The van der Waals surface area contributed by atoms with E-state index in [1.54, 1.807) is 0 Å². The Morgan fingerprint density at radius 1 is 1.13 bits per heavy atom. The van der Waals surface area contributed by atoms with Gasteiger partial charge >= 0.3 is 12.1 Å². The van der Waals surface area contributed by atoms with Crippen LogP contribution in [0.4, 0.5) is 22.0 Å². The molecule has 2 nitrogen and oxygen atoms in total. The lowest BCUT2D eigenvalue weighted by Crippen LogP contribution is -2.12. The summed E-state index contributed by atoms with van der Waals surface area (Å²) >= 11 is 0. The number of aromatic carboxylic acids is 1. The second-order valence-corrected chi connectivity index (χ2v) is 2.59. The molecule has 0 spiro atoms. The molecule has 1 N–H and O–H groups in total. The molecule has 0 aromatic heterocycles. The number of carboxylic acid groups (broad SMARTS) is 1. The highest BCUT2D eigenvalue weighted by atomic mass is 19.4. The molecule has 0 heterocycles. The van der Waals surface area contributed by atoms with Gasteiger partial charge in [-0.25, -0.2) is 13.6 Å². The maximum atomic E-state index is 12.8. The molecule has 0 fully saturated rings. The Morgan fingerprint density at radius 3 is 2.07 bits per heavy atom. The van der Waals surface area contributed by atoms with Gasteiger partial charge in [0, 0.05) is 0 Å². The molecule has 0 saturated carbocycles. The monoisotopic (exact) mass is 226 g/mol. The molecule has 82 valence electrons. The molecule has 0 radical (unpaired) electrons. The van der Waals surface area contributed by atoms with E-state index in [1.165, 1.54) is 0 Å². The zero-order chi connectivity index (χ0) is 11.8. The van der Waals surface area contributed by atoms with Crippen LogP contribution in [0.3, 0.4) is 0 Å². The van der Waals surface area contributed by atoms with Crippen molar-refractivity contribution in [3.05, 3.63) is 34.9 Å². The van der Waals surface area contributed by atoms with Crippen LogP contribution < -0.4 is 0 Å². The molecule has 1 aromatic rings. The van der Waals surface area contributed by atoms with Crippen LogP contribution in [0.2, 0.25) is 0 Å². The Bertz CT molecular complexity index is 410.